The number of sulfonamides is 1. The summed E-state index contributed by atoms with van der Waals surface area (Å²) in [6.07, 6.45) is 5.09. The van der Waals surface area contributed by atoms with Gasteiger partial charge in [0.25, 0.3) is 0 Å². The van der Waals surface area contributed by atoms with Crippen LogP contribution < -0.4 is 4.72 Å². The minimum Gasteiger partial charge on any atom is -0.212 e. The van der Waals surface area contributed by atoms with Crippen LogP contribution in [0.25, 0.3) is 0 Å². The van der Waals surface area contributed by atoms with Gasteiger partial charge in [0.2, 0.25) is 10.0 Å². The highest BCUT2D eigenvalue weighted by Gasteiger charge is 2.24. The minimum absolute atomic E-state index is 0.175. The summed E-state index contributed by atoms with van der Waals surface area (Å²) in [4.78, 5) is 0. The van der Waals surface area contributed by atoms with E-state index in [0.717, 1.165) is 25.0 Å². The molecule has 16 heavy (non-hydrogen) atoms. The van der Waals surface area contributed by atoms with Crippen LogP contribution >= 0.6 is 11.8 Å². The van der Waals surface area contributed by atoms with Crippen LogP contribution in [0.1, 0.15) is 46.0 Å². The molecule has 0 aliphatic heterocycles. The lowest BCUT2D eigenvalue weighted by molar-refractivity contribution is 0.420. The quantitative estimate of drug-likeness (QED) is 0.802. The summed E-state index contributed by atoms with van der Waals surface area (Å²) in [6.45, 7) is 4.06. The molecule has 2 atom stereocenters. The summed E-state index contributed by atoms with van der Waals surface area (Å²) >= 11 is 1.96. The van der Waals surface area contributed by atoms with Gasteiger partial charge in [0, 0.05) is 11.3 Å². The van der Waals surface area contributed by atoms with Crippen LogP contribution in [-0.2, 0) is 10.0 Å². The number of rotatable bonds is 6. The Labute approximate surface area is 104 Å². The molecule has 0 aromatic carbocycles. The summed E-state index contributed by atoms with van der Waals surface area (Å²) in [7, 11) is -3.03. The number of hydrogen-bond donors (Lipinski definition) is 1. The van der Waals surface area contributed by atoms with Crippen molar-refractivity contribution in [1.82, 2.24) is 4.72 Å². The molecule has 0 spiro atoms. The van der Waals surface area contributed by atoms with Crippen molar-refractivity contribution in [3.05, 3.63) is 0 Å². The first-order valence-corrected chi connectivity index (χ1v) is 8.89. The minimum atomic E-state index is -3.03. The summed E-state index contributed by atoms with van der Waals surface area (Å²) in [6, 6.07) is 0.175. The molecule has 1 aliphatic rings. The molecule has 3 nitrogen and oxygen atoms in total. The molecule has 0 heterocycles. The Morgan fingerprint density at radius 2 is 2.06 bits per heavy atom. The summed E-state index contributed by atoms with van der Waals surface area (Å²) < 4.78 is 26.1. The molecule has 0 amide bonds. The van der Waals surface area contributed by atoms with E-state index < -0.39 is 10.0 Å². The molecule has 0 radical (unpaired) electrons. The van der Waals surface area contributed by atoms with E-state index in [2.05, 4.69) is 11.6 Å². The van der Waals surface area contributed by atoms with Crippen molar-refractivity contribution in [3.63, 3.8) is 0 Å². The van der Waals surface area contributed by atoms with Gasteiger partial charge in [-0.3, -0.25) is 0 Å². The lowest BCUT2D eigenvalue weighted by atomic mass is 9.96. The number of hydrogen-bond acceptors (Lipinski definition) is 3. The normalized spacial score (nSPS) is 26.9. The van der Waals surface area contributed by atoms with Gasteiger partial charge in [0.15, 0.2) is 0 Å². The molecule has 1 fully saturated rings. The maximum absolute atomic E-state index is 11.6. The van der Waals surface area contributed by atoms with Crippen LogP contribution in [0, 0.1) is 0 Å². The second-order valence-corrected chi connectivity index (χ2v) is 7.83. The van der Waals surface area contributed by atoms with E-state index in [1.165, 1.54) is 6.42 Å². The van der Waals surface area contributed by atoms with Gasteiger partial charge in [-0.15, -0.1) is 0 Å². The average Bonchev–Trinajstić information content (AvgIpc) is 2.17. The Morgan fingerprint density at radius 1 is 1.31 bits per heavy atom. The van der Waals surface area contributed by atoms with Gasteiger partial charge in [0.1, 0.15) is 0 Å². The van der Waals surface area contributed by atoms with E-state index in [9.17, 15) is 8.42 Å². The molecular formula is C11H23NO2S2. The maximum atomic E-state index is 11.6. The van der Waals surface area contributed by atoms with Gasteiger partial charge in [-0.25, -0.2) is 13.1 Å². The smallest absolute Gasteiger partial charge is 0.211 e. The molecule has 1 N–H and O–H groups in total. The van der Waals surface area contributed by atoms with Gasteiger partial charge >= 0.3 is 0 Å². The van der Waals surface area contributed by atoms with Gasteiger partial charge in [-0.05, 0) is 31.4 Å². The van der Waals surface area contributed by atoms with E-state index in [-0.39, 0.29) is 11.8 Å². The van der Waals surface area contributed by atoms with E-state index in [0.29, 0.717) is 11.7 Å². The van der Waals surface area contributed by atoms with Gasteiger partial charge < -0.3 is 0 Å². The monoisotopic (exact) mass is 265 g/mol. The van der Waals surface area contributed by atoms with Crippen molar-refractivity contribution in [2.45, 2.75) is 57.2 Å². The van der Waals surface area contributed by atoms with Crippen molar-refractivity contribution in [1.29, 1.82) is 0 Å². The van der Waals surface area contributed by atoms with Crippen LogP contribution in [0.4, 0.5) is 0 Å². The van der Waals surface area contributed by atoms with Crippen molar-refractivity contribution >= 4 is 21.8 Å². The van der Waals surface area contributed by atoms with Gasteiger partial charge in [0.05, 0.1) is 5.75 Å². The highest BCUT2D eigenvalue weighted by atomic mass is 32.2. The fourth-order valence-corrected chi connectivity index (χ4v) is 4.77. The van der Waals surface area contributed by atoms with Crippen LogP contribution in [-0.4, -0.2) is 31.2 Å². The number of thioether (sulfide) groups is 1. The van der Waals surface area contributed by atoms with Crippen molar-refractivity contribution in [3.8, 4) is 0 Å². The molecule has 0 bridgehead atoms. The highest BCUT2D eigenvalue weighted by Crippen LogP contribution is 2.28. The van der Waals surface area contributed by atoms with Crippen molar-refractivity contribution < 1.29 is 8.42 Å². The third-order valence-electron chi connectivity index (χ3n) is 2.85. The standard InChI is InChI=1S/C11H23NO2S2/c1-3-8-16(13,14)12-10-6-5-7-11(9-10)15-4-2/h10-12H,3-9H2,1-2H3/t10-,11+/m0/s1. The molecule has 1 rings (SSSR count). The topological polar surface area (TPSA) is 46.2 Å². The zero-order chi connectivity index (χ0) is 12.0. The molecule has 0 unspecified atom stereocenters. The zero-order valence-corrected chi connectivity index (χ0v) is 11.9. The summed E-state index contributed by atoms with van der Waals surface area (Å²) in [5.41, 5.74) is 0. The molecule has 5 heteroatoms. The predicted octanol–water partition coefficient (Wildman–Crippen LogP) is 2.38. The second-order valence-electron chi connectivity index (χ2n) is 4.38. The molecule has 96 valence electrons. The molecule has 1 aliphatic carbocycles. The molecule has 1 saturated carbocycles. The van der Waals surface area contributed by atoms with E-state index >= 15 is 0 Å². The fraction of sp³-hybridized carbons (Fsp3) is 1.00. The zero-order valence-electron chi connectivity index (χ0n) is 10.2. The van der Waals surface area contributed by atoms with Crippen LogP contribution in [0.15, 0.2) is 0 Å². The summed E-state index contributed by atoms with van der Waals surface area (Å²) in [5, 5.41) is 0.646. The predicted molar refractivity (Wildman–Crippen MR) is 71.4 cm³/mol. The first-order chi connectivity index (χ1) is 7.57. The largest absolute Gasteiger partial charge is 0.212 e. The number of nitrogens with one attached hydrogen (secondary N) is 1. The second kappa shape index (κ2) is 6.87. The fourth-order valence-electron chi connectivity index (χ4n) is 2.22. The highest BCUT2D eigenvalue weighted by molar-refractivity contribution is 7.99. The van der Waals surface area contributed by atoms with Gasteiger partial charge in [-0.1, -0.05) is 20.3 Å². The van der Waals surface area contributed by atoms with Crippen LogP contribution in [0.5, 0.6) is 0 Å². The SMILES string of the molecule is CCCS(=O)(=O)N[C@H]1CCC[C@@H](SCC)C1. The van der Waals surface area contributed by atoms with E-state index in [1.807, 2.05) is 18.7 Å². The first-order valence-electron chi connectivity index (χ1n) is 6.19. The third-order valence-corrected chi connectivity index (χ3v) is 5.72. The lowest BCUT2D eigenvalue weighted by Gasteiger charge is -2.28. The Morgan fingerprint density at radius 3 is 2.69 bits per heavy atom. The van der Waals surface area contributed by atoms with Crippen molar-refractivity contribution in [2.24, 2.45) is 0 Å². The lowest BCUT2D eigenvalue weighted by Crippen LogP contribution is -2.40. The van der Waals surface area contributed by atoms with E-state index in [4.69, 9.17) is 0 Å². The Bertz CT molecular complexity index is 288. The van der Waals surface area contributed by atoms with Gasteiger partial charge in [-0.2, -0.15) is 11.8 Å². The Kier molecular flexibility index (Phi) is 6.15. The van der Waals surface area contributed by atoms with Crippen LogP contribution in [0.2, 0.25) is 0 Å². The summed E-state index contributed by atoms with van der Waals surface area (Å²) in [5.74, 6) is 1.38. The first kappa shape index (κ1) is 14.3. The molecule has 0 saturated heterocycles. The average molecular weight is 265 g/mol. The Hall–Kier alpha value is 0.260. The molecular weight excluding hydrogens is 242 g/mol. The van der Waals surface area contributed by atoms with Crippen LogP contribution in [0.3, 0.4) is 0 Å². The Balaban J connectivity index is 2.42. The maximum Gasteiger partial charge on any atom is 0.211 e. The van der Waals surface area contributed by atoms with E-state index in [1.54, 1.807) is 0 Å². The van der Waals surface area contributed by atoms with Crippen molar-refractivity contribution in [2.75, 3.05) is 11.5 Å². The molecule has 0 aromatic rings. The molecule has 0 aromatic heterocycles. The third kappa shape index (κ3) is 5.06.